The lowest BCUT2D eigenvalue weighted by atomic mass is 9.85. The molecule has 22 heavy (non-hydrogen) atoms. The van der Waals surface area contributed by atoms with E-state index in [0.717, 1.165) is 11.3 Å². The van der Waals surface area contributed by atoms with Crippen LogP contribution in [0.15, 0.2) is 53.5 Å². The highest BCUT2D eigenvalue weighted by atomic mass is 16.3. The first-order valence-electron chi connectivity index (χ1n) is 7.40. The van der Waals surface area contributed by atoms with Crippen molar-refractivity contribution in [3.63, 3.8) is 0 Å². The van der Waals surface area contributed by atoms with Gasteiger partial charge >= 0.3 is 0 Å². The Bertz CT molecular complexity index is 798. The van der Waals surface area contributed by atoms with E-state index in [9.17, 15) is 9.90 Å². The molecule has 0 radical (unpaired) electrons. The first-order valence-corrected chi connectivity index (χ1v) is 7.40. The van der Waals surface area contributed by atoms with Crippen LogP contribution in [0.2, 0.25) is 0 Å². The van der Waals surface area contributed by atoms with Gasteiger partial charge in [0.25, 0.3) is 0 Å². The van der Waals surface area contributed by atoms with Crippen molar-refractivity contribution in [1.29, 1.82) is 0 Å². The molecule has 2 aromatic carbocycles. The average Bonchev–Trinajstić information content (AvgIpc) is 2.87. The zero-order chi connectivity index (χ0) is 15.3. The number of anilines is 1. The van der Waals surface area contributed by atoms with Crippen molar-refractivity contribution in [3.8, 4) is 0 Å². The molecule has 110 valence electrons. The molecular formula is C18H16N2O2. The zero-order valence-corrected chi connectivity index (χ0v) is 12.3. The Morgan fingerprint density at radius 2 is 1.91 bits per heavy atom. The second-order valence-corrected chi connectivity index (χ2v) is 5.83. The van der Waals surface area contributed by atoms with Crippen LogP contribution >= 0.6 is 0 Å². The third-order valence-corrected chi connectivity index (χ3v) is 4.47. The van der Waals surface area contributed by atoms with Crippen molar-refractivity contribution < 1.29 is 9.90 Å². The average molecular weight is 292 g/mol. The van der Waals surface area contributed by atoms with Crippen molar-refractivity contribution >= 4 is 23.0 Å². The SMILES string of the molecule is Cc1cccc2c1C(=O)[C@]1(O)CCN(c3ccccc3)C1=N2. The molecule has 0 unspecified atom stereocenters. The monoisotopic (exact) mass is 292 g/mol. The van der Waals surface area contributed by atoms with E-state index in [4.69, 9.17) is 0 Å². The van der Waals surface area contributed by atoms with Crippen molar-refractivity contribution in [2.24, 2.45) is 4.99 Å². The lowest BCUT2D eigenvalue weighted by Gasteiger charge is -2.30. The molecule has 0 amide bonds. The number of carbonyl (C=O) groups is 1. The number of ketones is 1. The van der Waals surface area contributed by atoms with Crippen molar-refractivity contribution in [1.82, 2.24) is 0 Å². The lowest BCUT2D eigenvalue weighted by Crippen LogP contribution is -2.49. The normalized spacial score (nSPS) is 23.1. The largest absolute Gasteiger partial charge is 0.374 e. The van der Waals surface area contributed by atoms with Gasteiger partial charge in [0.2, 0.25) is 5.78 Å². The van der Waals surface area contributed by atoms with Crippen molar-refractivity contribution in [3.05, 3.63) is 59.7 Å². The molecule has 0 aliphatic carbocycles. The van der Waals surface area contributed by atoms with Gasteiger partial charge in [-0.05, 0) is 30.7 Å². The van der Waals surface area contributed by atoms with Crippen LogP contribution < -0.4 is 4.90 Å². The number of nitrogens with zero attached hydrogens (tertiary/aromatic N) is 2. The maximum absolute atomic E-state index is 12.9. The van der Waals surface area contributed by atoms with Crippen LogP contribution in [0.3, 0.4) is 0 Å². The Hall–Kier alpha value is -2.46. The number of para-hydroxylation sites is 1. The van der Waals surface area contributed by atoms with Gasteiger partial charge in [0, 0.05) is 24.2 Å². The summed E-state index contributed by atoms with van der Waals surface area (Å²) in [6, 6.07) is 15.3. The van der Waals surface area contributed by atoms with Crippen LogP contribution in [0.5, 0.6) is 0 Å². The molecule has 0 bridgehead atoms. The van der Waals surface area contributed by atoms with Crippen LogP contribution in [0.4, 0.5) is 11.4 Å². The van der Waals surface area contributed by atoms with E-state index in [1.54, 1.807) is 0 Å². The molecule has 2 aromatic rings. The quantitative estimate of drug-likeness (QED) is 0.879. The standard InChI is InChI=1S/C18H16N2O2/c1-12-6-5-9-14-15(12)16(21)18(22)10-11-20(17(18)19-14)13-7-3-2-4-8-13/h2-9,22H,10-11H2,1H3/t18-/m1/s1. The molecule has 0 spiro atoms. The van der Waals surface area contributed by atoms with Gasteiger partial charge in [-0.3, -0.25) is 4.79 Å². The summed E-state index contributed by atoms with van der Waals surface area (Å²) in [5.74, 6) is 0.214. The summed E-state index contributed by atoms with van der Waals surface area (Å²) >= 11 is 0. The Morgan fingerprint density at radius 3 is 2.68 bits per heavy atom. The Labute approximate surface area is 128 Å². The minimum absolute atomic E-state index is 0.232. The Kier molecular flexibility index (Phi) is 2.71. The predicted molar refractivity (Wildman–Crippen MR) is 86.0 cm³/mol. The number of amidine groups is 1. The van der Waals surface area contributed by atoms with Crippen LogP contribution in [0.25, 0.3) is 0 Å². The molecule has 4 nitrogen and oxygen atoms in total. The molecule has 1 fully saturated rings. The maximum atomic E-state index is 12.9. The molecule has 2 aliphatic heterocycles. The summed E-state index contributed by atoms with van der Waals surface area (Å²) in [6.45, 7) is 2.46. The number of aliphatic imine (C=N–C) groups is 1. The van der Waals surface area contributed by atoms with E-state index >= 15 is 0 Å². The number of carbonyl (C=O) groups excluding carboxylic acids is 1. The van der Waals surface area contributed by atoms with Crippen LogP contribution in [0.1, 0.15) is 22.3 Å². The molecule has 2 aliphatic rings. The minimum atomic E-state index is -1.51. The minimum Gasteiger partial charge on any atom is -0.374 e. The van der Waals surface area contributed by atoms with Gasteiger partial charge in [0.15, 0.2) is 5.60 Å². The summed E-state index contributed by atoms with van der Waals surface area (Å²) in [5.41, 5.74) is 1.49. The van der Waals surface area contributed by atoms with E-state index in [-0.39, 0.29) is 5.78 Å². The third-order valence-electron chi connectivity index (χ3n) is 4.47. The molecule has 4 rings (SSSR count). The van der Waals surface area contributed by atoms with Crippen LogP contribution in [-0.4, -0.2) is 28.9 Å². The molecule has 0 saturated carbocycles. The first-order chi connectivity index (χ1) is 10.6. The summed E-state index contributed by atoms with van der Waals surface area (Å²) in [5, 5.41) is 11.0. The molecule has 2 heterocycles. The van der Waals surface area contributed by atoms with E-state index in [1.807, 2.05) is 60.4 Å². The number of benzene rings is 2. The summed E-state index contributed by atoms with van der Waals surface area (Å²) in [4.78, 5) is 19.4. The Morgan fingerprint density at radius 1 is 1.14 bits per heavy atom. The molecule has 1 atom stereocenters. The number of fused-ring (bicyclic) bond motifs is 2. The van der Waals surface area contributed by atoms with Gasteiger partial charge in [-0.15, -0.1) is 0 Å². The number of Topliss-reactive ketones (excluding diaryl/α,β-unsaturated/α-hetero) is 1. The van der Waals surface area contributed by atoms with Crippen molar-refractivity contribution in [2.45, 2.75) is 18.9 Å². The lowest BCUT2D eigenvalue weighted by molar-refractivity contribution is 0.0601. The highest BCUT2D eigenvalue weighted by molar-refractivity contribution is 6.28. The number of hydrogen-bond donors (Lipinski definition) is 1. The second kappa shape index (κ2) is 4.52. The molecule has 1 saturated heterocycles. The maximum Gasteiger partial charge on any atom is 0.204 e. The smallest absolute Gasteiger partial charge is 0.204 e. The summed E-state index contributed by atoms with van der Waals surface area (Å²) < 4.78 is 0. The second-order valence-electron chi connectivity index (χ2n) is 5.83. The number of rotatable bonds is 1. The van der Waals surface area contributed by atoms with Gasteiger partial charge in [0.1, 0.15) is 5.84 Å². The van der Waals surface area contributed by atoms with E-state index in [0.29, 0.717) is 30.1 Å². The number of aliphatic hydroxyl groups is 1. The summed E-state index contributed by atoms with van der Waals surface area (Å²) in [6.07, 6.45) is 0.368. The van der Waals surface area contributed by atoms with E-state index in [2.05, 4.69) is 4.99 Å². The zero-order valence-electron chi connectivity index (χ0n) is 12.3. The molecule has 4 heteroatoms. The molecular weight excluding hydrogens is 276 g/mol. The highest BCUT2D eigenvalue weighted by Gasteiger charge is 2.52. The fourth-order valence-electron chi connectivity index (χ4n) is 3.30. The molecule has 0 aromatic heterocycles. The highest BCUT2D eigenvalue weighted by Crippen LogP contribution is 2.40. The fraction of sp³-hybridized carbons (Fsp3) is 0.222. The van der Waals surface area contributed by atoms with Crippen LogP contribution in [0, 0.1) is 6.92 Å². The number of hydrogen-bond acceptors (Lipinski definition) is 4. The Balaban J connectivity index is 1.90. The van der Waals surface area contributed by atoms with Gasteiger partial charge in [-0.25, -0.2) is 4.99 Å². The first kappa shape index (κ1) is 13.2. The van der Waals surface area contributed by atoms with Crippen molar-refractivity contribution in [2.75, 3.05) is 11.4 Å². The third kappa shape index (κ3) is 1.67. The molecule has 1 N–H and O–H groups in total. The number of aryl methyl sites for hydroxylation is 1. The van der Waals surface area contributed by atoms with Gasteiger partial charge < -0.3 is 10.0 Å². The topological polar surface area (TPSA) is 52.9 Å². The van der Waals surface area contributed by atoms with Gasteiger partial charge in [-0.1, -0.05) is 30.3 Å². The van der Waals surface area contributed by atoms with Gasteiger partial charge in [0.05, 0.1) is 5.69 Å². The van der Waals surface area contributed by atoms with Gasteiger partial charge in [-0.2, -0.15) is 0 Å². The fourth-order valence-corrected chi connectivity index (χ4v) is 3.30. The predicted octanol–water partition coefficient (Wildman–Crippen LogP) is 2.86. The van der Waals surface area contributed by atoms with E-state index < -0.39 is 5.60 Å². The van der Waals surface area contributed by atoms with Crippen LogP contribution in [-0.2, 0) is 0 Å². The van der Waals surface area contributed by atoms with E-state index in [1.165, 1.54) is 0 Å². The summed E-state index contributed by atoms with van der Waals surface area (Å²) in [7, 11) is 0.